The lowest BCUT2D eigenvalue weighted by Gasteiger charge is -2.03. The van der Waals surface area contributed by atoms with Crippen LogP contribution in [0.4, 0.5) is 0 Å². The fourth-order valence-electron chi connectivity index (χ4n) is 1.24. The number of furan rings is 1. The van der Waals surface area contributed by atoms with E-state index < -0.39 is 0 Å². The summed E-state index contributed by atoms with van der Waals surface area (Å²) in [4.78, 5) is 11.1. The molecule has 7 heteroatoms. The highest BCUT2D eigenvalue weighted by Crippen LogP contribution is 2.15. The first-order chi connectivity index (χ1) is 8.29. The van der Waals surface area contributed by atoms with E-state index in [0.29, 0.717) is 17.5 Å². The molecule has 0 saturated heterocycles. The molecule has 0 aromatic carbocycles. The summed E-state index contributed by atoms with van der Waals surface area (Å²) in [6.45, 7) is 0.566. The van der Waals surface area contributed by atoms with Gasteiger partial charge in [0, 0.05) is 7.05 Å². The van der Waals surface area contributed by atoms with Gasteiger partial charge in [0.2, 0.25) is 5.91 Å². The van der Waals surface area contributed by atoms with Crippen molar-refractivity contribution in [3.63, 3.8) is 0 Å². The predicted octanol–water partition coefficient (Wildman–Crippen LogP) is 0.757. The molecule has 0 unspecified atom stereocenters. The molecule has 1 amide bonds. The van der Waals surface area contributed by atoms with Gasteiger partial charge in [-0.3, -0.25) is 4.79 Å². The Hall–Kier alpha value is -1.76. The van der Waals surface area contributed by atoms with E-state index in [-0.39, 0.29) is 5.91 Å². The lowest BCUT2D eigenvalue weighted by molar-refractivity contribution is -0.118. The Morgan fingerprint density at radius 1 is 1.65 bits per heavy atom. The number of hydrogen-bond donors (Lipinski definition) is 1. The summed E-state index contributed by atoms with van der Waals surface area (Å²) in [5, 5.41) is 11.0. The molecule has 0 aliphatic heterocycles. The number of carbonyl (C=O) groups excluding carboxylic acids is 1. The molecule has 0 spiro atoms. The van der Waals surface area contributed by atoms with Gasteiger partial charge in [0.15, 0.2) is 5.16 Å². The van der Waals surface area contributed by atoms with Crippen LogP contribution >= 0.6 is 11.8 Å². The van der Waals surface area contributed by atoms with Crippen molar-refractivity contribution in [1.82, 2.24) is 20.1 Å². The number of nitrogens with one attached hydrogen (secondary N) is 1. The van der Waals surface area contributed by atoms with Crippen molar-refractivity contribution >= 4 is 17.7 Å². The van der Waals surface area contributed by atoms with E-state index in [0.717, 1.165) is 5.76 Å². The van der Waals surface area contributed by atoms with Crippen LogP contribution in [-0.2, 0) is 11.3 Å². The van der Waals surface area contributed by atoms with Crippen molar-refractivity contribution in [1.29, 1.82) is 0 Å². The fourth-order valence-corrected chi connectivity index (χ4v) is 2.02. The topological polar surface area (TPSA) is 73.0 Å². The molecule has 1 N–H and O–H groups in total. The Kier molecular flexibility index (Phi) is 3.81. The maximum Gasteiger partial charge on any atom is 0.230 e. The highest BCUT2D eigenvalue weighted by atomic mass is 32.2. The van der Waals surface area contributed by atoms with Gasteiger partial charge in [-0.25, -0.2) is 0 Å². The minimum atomic E-state index is -0.0393. The van der Waals surface area contributed by atoms with Crippen LogP contribution in [0.25, 0.3) is 0 Å². The first-order valence-electron chi connectivity index (χ1n) is 5.03. The Labute approximate surface area is 102 Å². The van der Waals surface area contributed by atoms with Crippen LogP contribution in [0.3, 0.4) is 0 Å². The van der Waals surface area contributed by atoms with Crippen LogP contribution in [0.1, 0.15) is 5.76 Å². The maximum atomic E-state index is 11.1. The lowest BCUT2D eigenvalue weighted by Crippen LogP contribution is -2.20. The molecule has 2 heterocycles. The minimum Gasteiger partial charge on any atom is -0.467 e. The second-order valence-corrected chi connectivity index (χ2v) is 4.23. The van der Waals surface area contributed by atoms with Gasteiger partial charge in [0.05, 0.1) is 18.6 Å². The van der Waals surface area contributed by atoms with Crippen molar-refractivity contribution in [2.45, 2.75) is 11.7 Å². The molecule has 0 saturated carbocycles. The molecule has 0 atom stereocenters. The van der Waals surface area contributed by atoms with E-state index in [1.807, 2.05) is 16.7 Å². The maximum absolute atomic E-state index is 11.1. The van der Waals surface area contributed by atoms with E-state index in [2.05, 4.69) is 15.5 Å². The number of thioether (sulfide) groups is 1. The van der Waals surface area contributed by atoms with Crippen LogP contribution < -0.4 is 5.32 Å². The zero-order valence-corrected chi connectivity index (χ0v) is 10.1. The summed E-state index contributed by atoms with van der Waals surface area (Å²) < 4.78 is 7.08. The molecule has 2 aromatic rings. The number of aromatic nitrogens is 3. The van der Waals surface area contributed by atoms with E-state index in [1.165, 1.54) is 11.8 Å². The SMILES string of the molecule is CNC(=O)CSc1nncn1Cc1ccco1. The fraction of sp³-hybridized carbons (Fsp3) is 0.300. The van der Waals surface area contributed by atoms with Gasteiger partial charge in [0.25, 0.3) is 0 Å². The van der Waals surface area contributed by atoms with E-state index in [4.69, 9.17) is 4.42 Å². The quantitative estimate of drug-likeness (QED) is 0.795. The number of nitrogens with zero attached hydrogens (tertiary/aromatic N) is 3. The lowest BCUT2D eigenvalue weighted by atomic mass is 10.4. The molecular formula is C10H12N4O2S. The predicted molar refractivity (Wildman–Crippen MR) is 62.6 cm³/mol. The van der Waals surface area contributed by atoms with E-state index in [1.54, 1.807) is 19.6 Å². The Balaban J connectivity index is 1.99. The molecule has 0 bridgehead atoms. The molecule has 2 rings (SSSR count). The van der Waals surface area contributed by atoms with Gasteiger partial charge in [-0.2, -0.15) is 0 Å². The Bertz CT molecular complexity index is 480. The minimum absolute atomic E-state index is 0.0393. The number of hydrogen-bond acceptors (Lipinski definition) is 5. The molecular weight excluding hydrogens is 240 g/mol. The summed E-state index contributed by atoms with van der Waals surface area (Å²) in [6.07, 6.45) is 3.24. The first kappa shape index (κ1) is 11.7. The summed E-state index contributed by atoms with van der Waals surface area (Å²) in [5.41, 5.74) is 0. The number of rotatable bonds is 5. The third-order valence-electron chi connectivity index (χ3n) is 2.10. The summed E-state index contributed by atoms with van der Waals surface area (Å²) in [6, 6.07) is 3.71. The number of amides is 1. The van der Waals surface area contributed by atoms with Crippen molar-refractivity contribution in [3.05, 3.63) is 30.5 Å². The third kappa shape index (κ3) is 3.10. The smallest absolute Gasteiger partial charge is 0.230 e. The van der Waals surface area contributed by atoms with Gasteiger partial charge in [-0.1, -0.05) is 11.8 Å². The molecule has 90 valence electrons. The Morgan fingerprint density at radius 2 is 2.53 bits per heavy atom. The highest BCUT2D eigenvalue weighted by molar-refractivity contribution is 7.99. The van der Waals surface area contributed by atoms with E-state index in [9.17, 15) is 4.79 Å². The van der Waals surface area contributed by atoms with Gasteiger partial charge in [0.1, 0.15) is 12.1 Å². The van der Waals surface area contributed by atoms with Crippen LogP contribution in [0.2, 0.25) is 0 Å². The van der Waals surface area contributed by atoms with Crippen LogP contribution in [0, 0.1) is 0 Å². The Morgan fingerprint density at radius 3 is 3.24 bits per heavy atom. The van der Waals surface area contributed by atoms with Crippen molar-refractivity contribution in [2.24, 2.45) is 0 Å². The van der Waals surface area contributed by atoms with Gasteiger partial charge in [-0.15, -0.1) is 10.2 Å². The summed E-state index contributed by atoms with van der Waals surface area (Å²) in [7, 11) is 1.61. The summed E-state index contributed by atoms with van der Waals surface area (Å²) >= 11 is 1.34. The van der Waals surface area contributed by atoms with E-state index >= 15 is 0 Å². The molecule has 0 aliphatic carbocycles. The number of carbonyl (C=O) groups is 1. The van der Waals surface area contributed by atoms with Crippen LogP contribution in [-0.4, -0.2) is 33.5 Å². The molecule has 17 heavy (non-hydrogen) atoms. The standard InChI is InChI=1S/C10H12N4O2S/c1-11-9(15)6-17-10-13-12-7-14(10)5-8-3-2-4-16-8/h2-4,7H,5-6H2,1H3,(H,11,15). The average Bonchev–Trinajstić information content (AvgIpc) is 2.98. The normalized spacial score (nSPS) is 10.4. The van der Waals surface area contributed by atoms with Gasteiger partial charge >= 0.3 is 0 Å². The molecule has 0 radical (unpaired) electrons. The van der Waals surface area contributed by atoms with Crippen LogP contribution in [0.5, 0.6) is 0 Å². The zero-order chi connectivity index (χ0) is 12.1. The second-order valence-electron chi connectivity index (χ2n) is 3.28. The summed E-state index contributed by atoms with van der Waals surface area (Å²) in [5.74, 6) is 1.11. The first-order valence-corrected chi connectivity index (χ1v) is 6.01. The third-order valence-corrected chi connectivity index (χ3v) is 3.08. The monoisotopic (exact) mass is 252 g/mol. The van der Waals surface area contributed by atoms with Crippen molar-refractivity contribution in [2.75, 3.05) is 12.8 Å². The van der Waals surface area contributed by atoms with Gasteiger partial charge in [-0.05, 0) is 12.1 Å². The highest BCUT2D eigenvalue weighted by Gasteiger charge is 2.08. The van der Waals surface area contributed by atoms with Crippen molar-refractivity contribution < 1.29 is 9.21 Å². The molecule has 2 aromatic heterocycles. The molecule has 0 fully saturated rings. The largest absolute Gasteiger partial charge is 0.467 e. The zero-order valence-electron chi connectivity index (χ0n) is 9.29. The molecule has 6 nitrogen and oxygen atoms in total. The van der Waals surface area contributed by atoms with Gasteiger partial charge < -0.3 is 14.3 Å². The van der Waals surface area contributed by atoms with Crippen LogP contribution in [0.15, 0.2) is 34.3 Å². The molecule has 0 aliphatic rings. The second kappa shape index (κ2) is 5.53. The average molecular weight is 252 g/mol. The van der Waals surface area contributed by atoms with Crippen molar-refractivity contribution in [3.8, 4) is 0 Å².